The predicted molar refractivity (Wildman–Crippen MR) is 96.4 cm³/mol. The number of halogens is 1. The van der Waals surface area contributed by atoms with Crippen LogP contribution < -0.4 is 9.47 Å². The fourth-order valence-electron chi connectivity index (χ4n) is 2.16. The summed E-state index contributed by atoms with van der Waals surface area (Å²) in [5.41, 5.74) is 1.74. The van der Waals surface area contributed by atoms with Crippen LogP contribution in [0.3, 0.4) is 0 Å². The van der Waals surface area contributed by atoms with E-state index in [2.05, 4.69) is 15.9 Å². The Labute approximate surface area is 149 Å². The lowest BCUT2D eigenvalue weighted by Crippen LogP contribution is -1.97. The van der Waals surface area contributed by atoms with Crippen molar-refractivity contribution in [3.63, 3.8) is 0 Å². The summed E-state index contributed by atoms with van der Waals surface area (Å²) in [6.07, 6.45) is 3.18. The Bertz CT molecular complexity index is 822. The van der Waals surface area contributed by atoms with Gasteiger partial charge in [-0.1, -0.05) is 18.2 Å². The molecular weight excluding hydrogens is 370 g/mol. The van der Waals surface area contributed by atoms with Crippen molar-refractivity contribution in [2.45, 2.75) is 6.92 Å². The first-order valence-corrected chi connectivity index (χ1v) is 8.11. The van der Waals surface area contributed by atoms with Crippen molar-refractivity contribution >= 4 is 27.8 Å². The summed E-state index contributed by atoms with van der Waals surface area (Å²) < 4.78 is 11.6. The zero-order valence-corrected chi connectivity index (χ0v) is 15.0. The van der Waals surface area contributed by atoms with Gasteiger partial charge in [0.15, 0.2) is 17.3 Å². The molecule has 4 nitrogen and oxygen atoms in total. The van der Waals surface area contributed by atoms with Crippen LogP contribution in [0.4, 0.5) is 0 Å². The summed E-state index contributed by atoms with van der Waals surface area (Å²) in [5.74, 6) is 1.05. The molecule has 2 aromatic carbocycles. The van der Waals surface area contributed by atoms with Gasteiger partial charge in [0.25, 0.3) is 0 Å². The molecule has 0 heterocycles. The molecule has 0 atom stereocenters. The van der Waals surface area contributed by atoms with Gasteiger partial charge in [0, 0.05) is 5.56 Å². The zero-order valence-electron chi connectivity index (χ0n) is 13.4. The summed E-state index contributed by atoms with van der Waals surface area (Å²) in [7, 11) is 1.57. The summed E-state index contributed by atoms with van der Waals surface area (Å²) in [5, 5.41) is 8.90. The molecule has 0 aliphatic heterocycles. The molecule has 2 rings (SSSR count). The fraction of sp³-hybridized carbons (Fsp3) is 0.158. The van der Waals surface area contributed by atoms with Crippen molar-refractivity contribution in [2.75, 3.05) is 13.7 Å². The second kappa shape index (κ2) is 8.32. The minimum atomic E-state index is -0.169. The molecule has 24 heavy (non-hydrogen) atoms. The van der Waals surface area contributed by atoms with E-state index in [1.54, 1.807) is 37.5 Å². The minimum Gasteiger partial charge on any atom is -0.492 e. The summed E-state index contributed by atoms with van der Waals surface area (Å²) in [6.45, 7) is 2.40. The molecule has 0 saturated heterocycles. The first-order chi connectivity index (χ1) is 11.6. The maximum Gasteiger partial charge on any atom is 0.185 e. The highest BCUT2D eigenvalue weighted by Crippen LogP contribution is 2.36. The van der Waals surface area contributed by atoms with Gasteiger partial charge in [-0.25, -0.2) is 0 Å². The average Bonchev–Trinajstić information content (AvgIpc) is 2.60. The maximum absolute atomic E-state index is 12.2. The smallest absolute Gasteiger partial charge is 0.185 e. The van der Waals surface area contributed by atoms with Gasteiger partial charge in [0.1, 0.15) is 0 Å². The van der Waals surface area contributed by atoms with E-state index in [1.165, 1.54) is 6.08 Å². The third kappa shape index (κ3) is 4.24. The number of rotatable bonds is 6. The van der Waals surface area contributed by atoms with Crippen molar-refractivity contribution in [1.29, 1.82) is 5.26 Å². The van der Waals surface area contributed by atoms with E-state index < -0.39 is 0 Å². The highest BCUT2D eigenvalue weighted by Gasteiger charge is 2.10. The van der Waals surface area contributed by atoms with Gasteiger partial charge >= 0.3 is 0 Å². The van der Waals surface area contributed by atoms with Gasteiger partial charge in [-0.2, -0.15) is 5.26 Å². The zero-order chi connectivity index (χ0) is 17.5. The van der Waals surface area contributed by atoms with E-state index in [0.717, 1.165) is 10.0 Å². The highest BCUT2D eigenvalue weighted by atomic mass is 79.9. The Kier molecular flexibility index (Phi) is 6.16. The predicted octanol–water partition coefficient (Wildman–Crippen LogP) is 4.62. The number of nitrogens with zero attached hydrogens (tertiary/aromatic N) is 1. The van der Waals surface area contributed by atoms with Crippen LogP contribution >= 0.6 is 15.9 Å². The van der Waals surface area contributed by atoms with E-state index in [9.17, 15) is 4.79 Å². The third-order valence-corrected chi connectivity index (χ3v) is 3.83. The molecule has 0 N–H and O–H groups in total. The van der Waals surface area contributed by atoms with E-state index in [1.807, 2.05) is 25.1 Å². The Morgan fingerprint density at radius 2 is 2.12 bits per heavy atom. The molecule has 2 aromatic rings. The largest absolute Gasteiger partial charge is 0.492 e. The molecule has 0 fully saturated rings. The van der Waals surface area contributed by atoms with Gasteiger partial charge in [-0.3, -0.25) is 4.79 Å². The van der Waals surface area contributed by atoms with Crippen LogP contribution in [0.25, 0.3) is 6.08 Å². The molecule has 5 heteroatoms. The SMILES string of the molecule is CCOc1cc(/C=C/C(=O)c2cccc(C#N)c2)cc(Br)c1OC. The summed E-state index contributed by atoms with van der Waals surface area (Å²) >= 11 is 3.44. The Morgan fingerprint density at radius 1 is 1.33 bits per heavy atom. The van der Waals surface area contributed by atoms with Crippen molar-refractivity contribution in [2.24, 2.45) is 0 Å². The van der Waals surface area contributed by atoms with E-state index >= 15 is 0 Å². The highest BCUT2D eigenvalue weighted by molar-refractivity contribution is 9.10. The third-order valence-electron chi connectivity index (χ3n) is 3.24. The lowest BCUT2D eigenvalue weighted by molar-refractivity contribution is 0.104. The number of methoxy groups -OCH3 is 1. The monoisotopic (exact) mass is 385 g/mol. The van der Waals surface area contributed by atoms with Crippen molar-refractivity contribution in [3.05, 3.63) is 63.6 Å². The fourth-order valence-corrected chi connectivity index (χ4v) is 2.78. The van der Waals surface area contributed by atoms with Gasteiger partial charge in [0.2, 0.25) is 0 Å². The molecular formula is C19H16BrNO3. The lowest BCUT2D eigenvalue weighted by Gasteiger charge is -2.12. The number of hydrogen-bond acceptors (Lipinski definition) is 4. The number of allylic oxidation sites excluding steroid dienone is 1. The molecule has 0 unspecified atom stereocenters. The second-order valence-electron chi connectivity index (χ2n) is 4.86. The van der Waals surface area contributed by atoms with Crippen LogP contribution in [0.2, 0.25) is 0 Å². The average molecular weight is 386 g/mol. The van der Waals surface area contributed by atoms with Crippen molar-refractivity contribution in [3.8, 4) is 17.6 Å². The standard InChI is InChI=1S/C19H16BrNO3/c1-3-24-18-11-13(10-16(20)19(18)23-2)7-8-17(22)15-6-4-5-14(9-15)12-21/h4-11H,3H2,1-2H3/b8-7+. The van der Waals surface area contributed by atoms with E-state index in [0.29, 0.717) is 29.2 Å². The van der Waals surface area contributed by atoms with Gasteiger partial charge < -0.3 is 9.47 Å². The van der Waals surface area contributed by atoms with Crippen LogP contribution in [0.5, 0.6) is 11.5 Å². The van der Waals surface area contributed by atoms with Gasteiger partial charge in [-0.15, -0.1) is 0 Å². The molecule has 122 valence electrons. The number of ketones is 1. The molecule has 0 spiro atoms. The quantitative estimate of drug-likeness (QED) is 0.537. The van der Waals surface area contributed by atoms with Crippen LogP contribution in [0, 0.1) is 11.3 Å². The van der Waals surface area contributed by atoms with Crippen LogP contribution in [0.1, 0.15) is 28.4 Å². The number of ether oxygens (including phenoxy) is 2. The molecule has 0 bridgehead atoms. The second-order valence-corrected chi connectivity index (χ2v) is 5.71. The van der Waals surface area contributed by atoms with Gasteiger partial charge in [-0.05, 0) is 58.8 Å². The van der Waals surface area contributed by atoms with Crippen molar-refractivity contribution < 1.29 is 14.3 Å². The first kappa shape index (κ1) is 17.8. The molecule has 0 saturated carbocycles. The maximum atomic E-state index is 12.2. The molecule has 0 aliphatic rings. The number of nitriles is 1. The summed E-state index contributed by atoms with van der Waals surface area (Å²) in [6, 6.07) is 12.3. The van der Waals surface area contributed by atoms with E-state index in [4.69, 9.17) is 14.7 Å². The minimum absolute atomic E-state index is 0.169. The number of hydrogen-bond donors (Lipinski definition) is 0. The number of benzene rings is 2. The van der Waals surface area contributed by atoms with Gasteiger partial charge in [0.05, 0.1) is 29.8 Å². The first-order valence-electron chi connectivity index (χ1n) is 7.32. The Balaban J connectivity index is 2.28. The molecule has 0 radical (unpaired) electrons. The number of carbonyl (C=O) groups excluding carboxylic acids is 1. The Hall–Kier alpha value is -2.58. The molecule has 0 aromatic heterocycles. The summed E-state index contributed by atoms with van der Waals surface area (Å²) in [4.78, 5) is 12.2. The molecule has 0 amide bonds. The molecule has 0 aliphatic carbocycles. The van der Waals surface area contributed by atoms with E-state index in [-0.39, 0.29) is 5.78 Å². The number of carbonyl (C=O) groups is 1. The van der Waals surface area contributed by atoms with Crippen LogP contribution in [0.15, 0.2) is 46.9 Å². The normalized spacial score (nSPS) is 10.4. The lowest BCUT2D eigenvalue weighted by atomic mass is 10.1. The van der Waals surface area contributed by atoms with Crippen LogP contribution in [-0.4, -0.2) is 19.5 Å². The van der Waals surface area contributed by atoms with Crippen LogP contribution in [-0.2, 0) is 0 Å². The topological polar surface area (TPSA) is 59.3 Å². The Morgan fingerprint density at radius 3 is 2.79 bits per heavy atom. The van der Waals surface area contributed by atoms with Crippen molar-refractivity contribution in [1.82, 2.24) is 0 Å².